The van der Waals surface area contributed by atoms with Crippen molar-refractivity contribution >= 4 is 23.4 Å². The van der Waals surface area contributed by atoms with Crippen molar-refractivity contribution < 1.29 is 27.4 Å². The number of alkyl halides is 3. The first-order chi connectivity index (χ1) is 17.5. The fraction of sp³-hybridized carbons (Fsp3) is 0.185. The van der Waals surface area contributed by atoms with Crippen LogP contribution in [0.3, 0.4) is 0 Å². The summed E-state index contributed by atoms with van der Waals surface area (Å²) in [5.41, 5.74) is 0.488. The molecule has 0 atom stereocenters. The molecule has 0 saturated carbocycles. The van der Waals surface area contributed by atoms with E-state index in [9.17, 15) is 23.1 Å². The molecule has 4 aromatic rings. The van der Waals surface area contributed by atoms with Gasteiger partial charge >= 0.3 is 11.8 Å². The summed E-state index contributed by atoms with van der Waals surface area (Å²) in [5.74, 6) is 0.861. The summed E-state index contributed by atoms with van der Waals surface area (Å²) in [6.07, 6.45) is -3.49. The molecule has 4 rings (SSSR count). The van der Waals surface area contributed by atoms with E-state index in [1.165, 1.54) is 17.7 Å². The summed E-state index contributed by atoms with van der Waals surface area (Å²) < 4.78 is 49.5. The van der Waals surface area contributed by atoms with Gasteiger partial charge in [-0.15, -0.1) is 11.8 Å². The normalized spacial score (nSPS) is 11.5. The Morgan fingerprint density at radius 2 is 1.81 bits per heavy atom. The van der Waals surface area contributed by atoms with E-state index in [1.807, 2.05) is 31.2 Å². The molecular weight excluding hydrogens is 527 g/mol. The van der Waals surface area contributed by atoms with Gasteiger partial charge in [0.25, 0.3) is 0 Å². The molecule has 0 bridgehead atoms. The number of halogens is 4. The predicted molar refractivity (Wildman–Crippen MR) is 137 cm³/mol. The molecule has 0 aliphatic heterocycles. The first-order valence-electron chi connectivity index (χ1n) is 11.1. The zero-order chi connectivity index (χ0) is 26.7. The summed E-state index contributed by atoms with van der Waals surface area (Å²) in [6.45, 7) is 3.71. The second-order valence-electron chi connectivity index (χ2n) is 8.26. The minimum Gasteiger partial charge on any atom is -0.507 e. The minimum absolute atomic E-state index is 0.00433. The van der Waals surface area contributed by atoms with Crippen LogP contribution in [0.25, 0.3) is 11.1 Å². The Kier molecular flexibility index (Phi) is 7.85. The average molecular weight is 548 g/mol. The molecule has 2 heterocycles. The van der Waals surface area contributed by atoms with E-state index < -0.39 is 17.4 Å². The van der Waals surface area contributed by atoms with Gasteiger partial charge in [-0.3, -0.25) is 0 Å². The number of aromatic hydroxyl groups is 1. The second-order valence-corrected chi connectivity index (χ2v) is 9.83. The standard InChI is InChI=1S/C27H21ClF3NO4S/c1-15-3-6-20(7-4-15)37-10-9-19-13-23(33)24(26(34)36-19)21-8-5-18(11-16(21)2)35-25-22(28)12-17(14-32-25)27(29,30)31/h3-8,11-14,33H,9-10H2,1-2H3. The number of aromatic nitrogens is 1. The van der Waals surface area contributed by atoms with Crippen LogP contribution >= 0.6 is 23.4 Å². The van der Waals surface area contributed by atoms with Crippen LogP contribution in [0.5, 0.6) is 17.4 Å². The lowest BCUT2D eigenvalue weighted by Crippen LogP contribution is -2.07. The maximum absolute atomic E-state index is 12.8. The van der Waals surface area contributed by atoms with Gasteiger partial charge in [0.05, 0.1) is 5.56 Å². The summed E-state index contributed by atoms with van der Waals surface area (Å²) in [6, 6.07) is 14.8. The number of hydrogen-bond acceptors (Lipinski definition) is 6. The smallest absolute Gasteiger partial charge is 0.417 e. The highest BCUT2D eigenvalue weighted by atomic mass is 35.5. The Morgan fingerprint density at radius 1 is 1.08 bits per heavy atom. The number of thioether (sulfide) groups is 1. The summed E-state index contributed by atoms with van der Waals surface area (Å²) in [5, 5.41) is 10.3. The zero-order valence-electron chi connectivity index (χ0n) is 19.7. The first kappa shape index (κ1) is 26.6. The average Bonchev–Trinajstić information content (AvgIpc) is 2.82. The van der Waals surface area contributed by atoms with Crippen LogP contribution in [0.1, 0.15) is 22.5 Å². The lowest BCUT2D eigenvalue weighted by atomic mass is 10.0. The van der Waals surface area contributed by atoms with Crippen LogP contribution in [-0.4, -0.2) is 15.8 Å². The molecule has 0 spiro atoms. The van der Waals surface area contributed by atoms with Crippen molar-refractivity contribution in [2.45, 2.75) is 31.3 Å². The number of hydrogen-bond donors (Lipinski definition) is 1. The monoisotopic (exact) mass is 547 g/mol. The van der Waals surface area contributed by atoms with Crippen LogP contribution in [0.2, 0.25) is 5.02 Å². The molecule has 2 aromatic carbocycles. The number of ether oxygens (including phenoxy) is 1. The summed E-state index contributed by atoms with van der Waals surface area (Å²) in [4.78, 5) is 17.5. The van der Waals surface area contributed by atoms with Crippen molar-refractivity contribution in [1.82, 2.24) is 4.98 Å². The van der Waals surface area contributed by atoms with Crippen LogP contribution in [0.4, 0.5) is 13.2 Å². The molecule has 1 N–H and O–H groups in total. The van der Waals surface area contributed by atoms with Crippen LogP contribution in [-0.2, 0) is 12.6 Å². The van der Waals surface area contributed by atoms with Crippen molar-refractivity contribution in [1.29, 1.82) is 0 Å². The molecule has 10 heteroatoms. The number of rotatable bonds is 7. The van der Waals surface area contributed by atoms with Crippen molar-refractivity contribution in [2.24, 2.45) is 0 Å². The van der Waals surface area contributed by atoms with Crippen molar-refractivity contribution in [3.63, 3.8) is 0 Å². The molecule has 2 aromatic heterocycles. The van der Waals surface area contributed by atoms with Gasteiger partial charge in [0.1, 0.15) is 27.8 Å². The van der Waals surface area contributed by atoms with E-state index in [2.05, 4.69) is 4.98 Å². The Morgan fingerprint density at radius 3 is 2.43 bits per heavy atom. The number of benzene rings is 2. The minimum atomic E-state index is -4.58. The van der Waals surface area contributed by atoms with Gasteiger partial charge < -0.3 is 14.3 Å². The van der Waals surface area contributed by atoms with E-state index in [0.717, 1.165) is 11.0 Å². The van der Waals surface area contributed by atoms with Gasteiger partial charge in [-0.1, -0.05) is 35.4 Å². The highest BCUT2D eigenvalue weighted by molar-refractivity contribution is 7.99. The third kappa shape index (κ3) is 6.47. The van der Waals surface area contributed by atoms with Gasteiger partial charge in [0.15, 0.2) is 0 Å². The fourth-order valence-corrected chi connectivity index (χ4v) is 4.62. The van der Waals surface area contributed by atoms with E-state index >= 15 is 0 Å². The highest BCUT2D eigenvalue weighted by Crippen LogP contribution is 2.36. The van der Waals surface area contributed by atoms with Gasteiger partial charge in [0, 0.05) is 29.3 Å². The van der Waals surface area contributed by atoms with Crippen molar-refractivity contribution in [2.75, 3.05) is 5.75 Å². The van der Waals surface area contributed by atoms with Gasteiger partial charge in [-0.05, 0) is 55.3 Å². The molecule has 0 radical (unpaired) electrons. The molecule has 0 aliphatic carbocycles. The SMILES string of the molecule is Cc1ccc(SCCc2cc(O)c(-c3ccc(Oc4ncc(C(F)(F)F)cc4Cl)cc3C)c(=O)o2)cc1. The van der Waals surface area contributed by atoms with E-state index in [-0.39, 0.29) is 28.0 Å². The Balaban J connectivity index is 1.49. The van der Waals surface area contributed by atoms with Gasteiger partial charge in [-0.2, -0.15) is 13.2 Å². The molecule has 0 unspecified atom stereocenters. The largest absolute Gasteiger partial charge is 0.507 e. The Labute approximate surface area is 219 Å². The molecule has 0 fully saturated rings. The molecule has 37 heavy (non-hydrogen) atoms. The maximum atomic E-state index is 12.8. The number of aryl methyl sites for hydroxylation is 3. The van der Waals surface area contributed by atoms with E-state index in [0.29, 0.717) is 35.3 Å². The Hall–Kier alpha value is -3.43. The lowest BCUT2D eigenvalue weighted by Gasteiger charge is -2.12. The molecule has 0 amide bonds. The molecule has 0 aliphatic rings. The third-order valence-electron chi connectivity index (χ3n) is 5.44. The van der Waals surface area contributed by atoms with Gasteiger partial charge in [0.2, 0.25) is 5.88 Å². The molecule has 0 saturated heterocycles. The number of nitrogens with zero attached hydrogens (tertiary/aromatic N) is 1. The first-order valence-corrected chi connectivity index (χ1v) is 12.4. The van der Waals surface area contributed by atoms with Crippen molar-refractivity contribution in [3.05, 3.63) is 98.7 Å². The molecule has 5 nitrogen and oxygen atoms in total. The quantitative estimate of drug-likeness (QED) is 0.238. The van der Waals surface area contributed by atoms with Crippen molar-refractivity contribution in [3.8, 4) is 28.5 Å². The second kappa shape index (κ2) is 10.9. The summed E-state index contributed by atoms with van der Waals surface area (Å²) in [7, 11) is 0. The maximum Gasteiger partial charge on any atom is 0.417 e. The fourth-order valence-electron chi connectivity index (χ4n) is 3.55. The van der Waals surface area contributed by atoms with Crippen LogP contribution in [0, 0.1) is 13.8 Å². The van der Waals surface area contributed by atoms with Crippen LogP contribution < -0.4 is 10.4 Å². The van der Waals surface area contributed by atoms with Crippen LogP contribution in [0.15, 0.2) is 74.9 Å². The summed E-state index contributed by atoms with van der Waals surface area (Å²) >= 11 is 7.53. The highest BCUT2D eigenvalue weighted by Gasteiger charge is 2.32. The Bertz CT molecular complexity index is 1490. The topological polar surface area (TPSA) is 72.6 Å². The number of pyridine rings is 1. The van der Waals surface area contributed by atoms with E-state index in [1.54, 1.807) is 30.8 Å². The molecule has 192 valence electrons. The van der Waals surface area contributed by atoms with E-state index in [4.69, 9.17) is 20.8 Å². The predicted octanol–water partition coefficient (Wildman–Crippen LogP) is 7.82. The third-order valence-corrected chi connectivity index (χ3v) is 6.72. The zero-order valence-corrected chi connectivity index (χ0v) is 21.3. The van der Waals surface area contributed by atoms with Gasteiger partial charge in [-0.25, -0.2) is 9.78 Å². The lowest BCUT2D eigenvalue weighted by molar-refractivity contribution is -0.137. The molecular formula is C27H21ClF3NO4S.